The summed E-state index contributed by atoms with van der Waals surface area (Å²) < 4.78 is 0. The lowest BCUT2D eigenvalue weighted by Crippen LogP contribution is -2.48. The van der Waals surface area contributed by atoms with Gasteiger partial charge in [0.15, 0.2) is 0 Å². The van der Waals surface area contributed by atoms with Gasteiger partial charge in [0.1, 0.15) is 0 Å². The van der Waals surface area contributed by atoms with Crippen molar-refractivity contribution < 1.29 is 4.79 Å². The molecule has 1 amide bonds. The molecule has 2 atom stereocenters. The fourth-order valence-electron chi connectivity index (χ4n) is 3.43. The number of anilines is 1. The lowest BCUT2D eigenvalue weighted by molar-refractivity contribution is -0.116. The molecule has 0 bridgehead atoms. The molecule has 0 aliphatic carbocycles. The lowest BCUT2D eigenvalue weighted by atomic mass is 10.1. The first-order valence-corrected chi connectivity index (χ1v) is 11.0. The summed E-state index contributed by atoms with van der Waals surface area (Å²) in [4.78, 5) is 18.6. The van der Waals surface area contributed by atoms with Gasteiger partial charge < -0.3 is 15.5 Å². The minimum atomic E-state index is 0.00888. The highest BCUT2D eigenvalue weighted by atomic mass is 35.5. The Balaban J connectivity index is 1.51. The number of nitrogens with zero attached hydrogens (tertiary/aromatic N) is 2. The molecule has 0 radical (unpaired) electrons. The largest absolute Gasteiger partial charge is 0.326 e. The van der Waals surface area contributed by atoms with Crippen LogP contribution >= 0.6 is 22.9 Å². The number of amides is 1. The molecule has 1 aliphatic rings. The molecule has 28 heavy (non-hydrogen) atoms. The highest BCUT2D eigenvalue weighted by molar-refractivity contribution is 7.10. The van der Waals surface area contributed by atoms with Crippen LogP contribution in [0.4, 0.5) is 5.69 Å². The summed E-state index contributed by atoms with van der Waals surface area (Å²) in [5, 5.41) is 9.31. The van der Waals surface area contributed by atoms with Crippen LogP contribution in [0.1, 0.15) is 24.3 Å². The van der Waals surface area contributed by atoms with Gasteiger partial charge in [-0.25, -0.2) is 0 Å². The van der Waals surface area contributed by atoms with Gasteiger partial charge in [0.25, 0.3) is 0 Å². The zero-order valence-corrected chi connectivity index (χ0v) is 18.1. The maximum atomic E-state index is 12.3. The van der Waals surface area contributed by atoms with Crippen LogP contribution in [-0.4, -0.2) is 61.5 Å². The molecule has 2 aromatic rings. The SMILES string of the molecule is CC(CC(=O)Nc1ccc(Cl)cc1)NCC(c1cccs1)N1CCN(C)CC1. The molecular formula is C21H29ClN4OS. The van der Waals surface area contributed by atoms with E-state index < -0.39 is 0 Å². The van der Waals surface area contributed by atoms with Crippen molar-refractivity contribution in [3.05, 3.63) is 51.7 Å². The van der Waals surface area contributed by atoms with Gasteiger partial charge >= 0.3 is 0 Å². The molecule has 1 saturated heterocycles. The van der Waals surface area contributed by atoms with E-state index in [4.69, 9.17) is 11.6 Å². The number of likely N-dealkylation sites (N-methyl/N-ethyl adjacent to an activating group) is 1. The lowest BCUT2D eigenvalue weighted by Gasteiger charge is -2.38. The Morgan fingerprint density at radius 3 is 2.54 bits per heavy atom. The van der Waals surface area contributed by atoms with Crippen molar-refractivity contribution in [2.24, 2.45) is 0 Å². The van der Waals surface area contributed by atoms with Crippen LogP contribution in [0.15, 0.2) is 41.8 Å². The Morgan fingerprint density at radius 2 is 1.89 bits per heavy atom. The number of hydrogen-bond acceptors (Lipinski definition) is 5. The van der Waals surface area contributed by atoms with Crippen LogP contribution in [0.2, 0.25) is 5.02 Å². The minimum absolute atomic E-state index is 0.00888. The molecule has 0 spiro atoms. The first-order valence-electron chi connectivity index (χ1n) is 9.76. The first kappa shape index (κ1) is 21.3. The number of nitrogens with one attached hydrogen (secondary N) is 2. The van der Waals surface area contributed by atoms with E-state index in [1.165, 1.54) is 4.88 Å². The van der Waals surface area contributed by atoms with Gasteiger partial charge in [-0.1, -0.05) is 17.7 Å². The Labute approximate surface area is 176 Å². The Hall–Kier alpha value is -1.44. The summed E-state index contributed by atoms with van der Waals surface area (Å²) in [5.74, 6) is 0.00888. The second-order valence-corrected chi connectivity index (χ2v) is 8.85. The van der Waals surface area contributed by atoms with Crippen molar-refractivity contribution in [1.29, 1.82) is 0 Å². The summed E-state index contributed by atoms with van der Waals surface area (Å²) in [6, 6.07) is 12.0. The number of carbonyl (C=O) groups excluding carboxylic acids is 1. The second kappa shape index (κ2) is 10.4. The molecule has 5 nitrogen and oxygen atoms in total. The van der Waals surface area contributed by atoms with Crippen LogP contribution in [0.3, 0.4) is 0 Å². The van der Waals surface area contributed by atoms with E-state index in [1.54, 1.807) is 12.1 Å². The number of rotatable bonds is 8. The molecule has 2 heterocycles. The predicted octanol–water partition coefficient (Wildman–Crippen LogP) is 3.70. The molecule has 7 heteroatoms. The molecule has 3 rings (SSSR count). The monoisotopic (exact) mass is 420 g/mol. The van der Waals surface area contributed by atoms with Gasteiger partial charge in [-0.3, -0.25) is 9.69 Å². The summed E-state index contributed by atoms with van der Waals surface area (Å²) >= 11 is 7.70. The topological polar surface area (TPSA) is 47.6 Å². The third-order valence-electron chi connectivity index (χ3n) is 5.13. The minimum Gasteiger partial charge on any atom is -0.326 e. The molecule has 1 aliphatic heterocycles. The Kier molecular flexibility index (Phi) is 7.88. The smallest absolute Gasteiger partial charge is 0.225 e. The van der Waals surface area contributed by atoms with Crippen molar-refractivity contribution in [2.45, 2.75) is 25.4 Å². The average molecular weight is 421 g/mol. The van der Waals surface area contributed by atoms with Crippen molar-refractivity contribution in [2.75, 3.05) is 45.1 Å². The van der Waals surface area contributed by atoms with Gasteiger partial charge in [-0.15, -0.1) is 11.3 Å². The van der Waals surface area contributed by atoms with Crippen LogP contribution in [0.5, 0.6) is 0 Å². The highest BCUT2D eigenvalue weighted by Crippen LogP contribution is 2.25. The van der Waals surface area contributed by atoms with Crippen molar-refractivity contribution in [1.82, 2.24) is 15.1 Å². The highest BCUT2D eigenvalue weighted by Gasteiger charge is 2.25. The van der Waals surface area contributed by atoms with Crippen LogP contribution in [0, 0.1) is 0 Å². The van der Waals surface area contributed by atoms with E-state index in [9.17, 15) is 4.79 Å². The van der Waals surface area contributed by atoms with Crippen molar-refractivity contribution >= 4 is 34.5 Å². The van der Waals surface area contributed by atoms with Crippen LogP contribution in [0.25, 0.3) is 0 Å². The molecule has 0 saturated carbocycles. The predicted molar refractivity (Wildman–Crippen MR) is 118 cm³/mol. The summed E-state index contributed by atoms with van der Waals surface area (Å²) in [7, 11) is 2.18. The molecule has 1 aromatic carbocycles. The molecule has 152 valence electrons. The molecule has 1 aromatic heterocycles. The average Bonchev–Trinajstić information content (AvgIpc) is 3.19. The third-order valence-corrected chi connectivity index (χ3v) is 6.35. The van der Waals surface area contributed by atoms with E-state index in [1.807, 2.05) is 23.5 Å². The fourth-order valence-corrected chi connectivity index (χ4v) is 4.42. The first-order chi connectivity index (χ1) is 13.5. The fraction of sp³-hybridized carbons (Fsp3) is 0.476. The number of hydrogen-bond donors (Lipinski definition) is 2. The van der Waals surface area contributed by atoms with Crippen LogP contribution in [-0.2, 0) is 4.79 Å². The normalized spacial score (nSPS) is 18.0. The summed E-state index contributed by atoms with van der Waals surface area (Å²) in [5.41, 5.74) is 0.774. The van der Waals surface area contributed by atoms with E-state index in [2.05, 4.69) is 51.9 Å². The van der Waals surface area contributed by atoms with Gasteiger partial charge in [-0.05, 0) is 49.7 Å². The number of carbonyl (C=O) groups is 1. The standard InChI is InChI=1S/C21H29ClN4OS/c1-16(14-21(27)24-18-7-5-17(22)6-8-18)23-15-19(20-4-3-13-28-20)26-11-9-25(2)10-12-26/h3-8,13,16,19,23H,9-12,14-15H2,1-2H3,(H,24,27). The molecule has 2 N–H and O–H groups in total. The zero-order valence-electron chi connectivity index (χ0n) is 16.5. The molecular weight excluding hydrogens is 392 g/mol. The van der Waals surface area contributed by atoms with Gasteiger partial charge in [0.05, 0.1) is 6.04 Å². The summed E-state index contributed by atoms with van der Waals surface area (Å²) in [6.45, 7) is 7.26. The Morgan fingerprint density at radius 1 is 1.18 bits per heavy atom. The van der Waals surface area contributed by atoms with Crippen molar-refractivity contribution in [3.63, 3.8) is 0 Å². The number of halogens is 1. The van der Waals surface area contributed by atoms with E-state index in [0.29, 0.717) is 17.5 Å². The number of benzene rings is 1. The Bertz CT molecular complexity index is 729. The van der Waals surface area contributed by atoms with Gasteiger partial charge in [0, 0.05) is 60.8 Å². The maximum Gasteiger partial charge on any atom is 0.225 e. The third kappa shape index (κ3) is 6.29. The van der Waals surface area contributed by atoms with Crippen molar-refractivity contribution in [3.8, 4) is 0 Å². The second-order valence-electron chi connectivity index (χ2n) is 7.44. The van der Waals surface area contributed by atoms with E-state index in [0.717, 1.165) is 38.4 Å². The quantitative estimate of drug-likeness (QED) is 0.683. The van der Waals surface area contributed by atoms with E-state index >= 15 is 0 Å². The van der Waals surface area contributed by atoms with Gasteiger partial charge in [0.2, 0.25) is 5.91 Å². The van der Waals surface area contributed by atoms with E-state index in [-0.39, 0.29) is 11.9 Å². The van der Waals surface area contributed by atoms with Crippen LogP contribution < -0.4 is 10.6 Å². The summed E-state index contributed by atoms with van der Waals surface area (Å²) in [6.07, 6.45) is 0.433. The van der Waals surface area contributed by atoms with Gasteiger partial charge in [-0.2, -0.15) is 0 Å². The molecule has 1 fully saturated rings. The number of thiophene rings is 1. The molecule has 2 unspecified atom stereocenters. The zero-order chi connectivity index (χ0) is 19.9. The number of piperazine rings is 1. The maximum absolute atomic E-state index is 12.3.